The highest BCUT2D eigenvalue weighted by Crippen LogP contribution is 2.35. The largest absolute Gasteiger partial charge is 0.264 e. The summed E-state index contributed by atoms with van der Waals surface area (Å²) in [5.41, 5.74) is 9.55. The molecule has 0 saturated carbocycles. The van der Waals surface area contributed by atoms with Gasteiger partial charge in [-0.2, -0.15) is 0 Å². The van der Waals surface area contributed by atoms with Crippen LogP contribution in [0.3, 0.4) is 0 Å². The smallest absolute Gasteiger partial charge is 0.159 e. The molecular formula is C37H25N3. The van der Waals surface area contributed by atoms with Crippen LogP contribution in [-0.4, -0.2) is 15.0 Å². The lowest BCUT2D eigenvalue weighted by Crippen LogP contribution is -1.96. The Bertz CT molecular complexity index is 1930. The predicted molar refractivity (Wildman–Crippen MR) is 165 cm³/mol. The summed E-state index contributed by atoms with van der Waals surface area (Å²) in [6.07, 6.45) is 5.63. The number of hydrogen-bond acceptors (Lipinski definition) is 3. The van der Waals surface area contributed by atoms with Gasteiger partial charge in [-0.05, 0) is 51.2 Å². The Morgan fingerprint density at radius 3 is 1.90 bits per heavy atom. The molecular weight excluding hydrogens is 486 g/mol. The summed E-state index contributed by atoms with van der Waals surface area (Å²) in [7, 11) is 0. The van der Waals surface area contributed by atoms with Gasteiger partial charge in [0.2, 0.25) is 0 Å². The van der Waals surface area contributed by atoms with Gasteiger partial charge in [0.25, 0.3) is 0 Å². The van der Waals surface area contributed by atoms with E-state index in [0.717, 1.165) is 39.1 Å². The van der Waals surface area contributed by atoms with Crippen molar-refractivity contribution in [3.8, 4) is 56.0 Å². The van der Waals surface area contributed by atoms with E-state index in [1.165, 1.54) is 21.9 Å². The number of rotatable bonds is 5. The Labute approximate surface area is 233 Å². The lowest BCUT2D eigenvalue weighted by Gasteiger charge is -2.13. The van der Waals surface area contributed by atoms with Crippen molar-refractivity contribution < 1.29 is 0 Å². The van der Waals surface area contributed by atoms with Crippen molar-refractivity contribution in [3.05, 3.63) is 152 Å². The number of benzene rings is 5. The average Bonchev–Trinajstić information content (AvgIpc) is 3.05. The molecule has 0 fully saturated rings. The van der Waals surface area contributed by atoms with Crippen LogP contribution < -0.4 is 0 Å². The molecule has 2 heterocycles. The van der Waals surface area contributed by atoms with E-state index in [0.29, 0.717) is 5.82 Å². The first-order valence-corrected chi connectivity index (χ1v) is 13.3. The van der Waals surface area contributed by atoms with Gasteiger partial charge in [-0.1, -0.05) is 115 Å². The van der Waals surface area contributed by atoms with Crippen LogP contribution in [0, 0.1) is 0 Å². The fourth-order valence-electron chi connectivity index (χ4n) is 5.13. The monoisotopic (exact) mass is 511 g/mol. The summed E-state index contributed by atoms with van der Waals surface area (Å²) in [5.74, 6) is 0.710. The quantitative estimate of drug-likeness (QED) is 0.231. The maximum Gasteiger partial charge on any atom is 0.159 e. The first-order chi connectivity index (χ1) is 19.8. The molecule has 0 spiro atoms. The molecule has 7 rings (SSSR count). The fraction of sp³-hybridized carbons (Fsp3) is 0. The molecule has 0 aliphatic rings. The molecule has 0 amide bonds. The maximum absolute atomic E-state index is 5.11. The van der Waals surface area contributed by atoms with E-state index in [4.69, 9.17) is 9.97 Å². The van der Waals surface area contributed by atoms with Gasteiger partial charge in [-0.25, -0.2) is 9.97 Å². The standard InChI is InChI=1S/C37H25N3/c1-2-9-29(10-3-1)37-39-25-35(33-13-6-12-31(23-33)34-14-7-21-38-24-34)36(40-37)28-18-15-27(16-19-28)32-20-17-26-8-4-5-11-30(26)22-32/h1-25H. The van der Waals surface area contributed by atoms with Crippen molar-refractivity contribution in [2.24, 2.45) is 0 Å². The third kappa shape index (κ3) is 4.65. The van der Waals surface area contributed by atoms with E-state index in [9.17, 15) is 0 Å². The topological polar surface area (TPSA) is 38.7 Å². The molecule has 3 heteroatoms. The van der Waals surface area contributed by atoms with Gasteiger partial charge in [0.05, 0.1) is 5.69 Å². The van der Waals surface area contributed by atoms with E-state index in [1.807, 2.05) is 48.8 Å². The second-order valence-corrected chi connectivity index (χ2v) is 9.78. The van der Waals surface area contributed by atoms with Crippen molar-refractivity contribution in [2.45, 2.75) is 0 Å². The van der Waals surface area contributed by atoms with Crippen molar-refractivity contribution in [1.82, 2.24) is 15.0 Å². The van der Waals surface area contributed by atoms with Gasteiger partial charge in [-0.3, -0.25) is 4.98 Å². The van der Waals surface area contributed by atoms with Gasteiger partial charge in [-0.15, -0.1) is 0 Å². The zero-order valence-electron chi connectivity index (χ0n) is 21.8. The van der Waals surface area contributed by atoms with Crippen molar-refractivity contribution in [3.63, 3.8) is 0 Å². The Morgan fingerprint density at radius 1 is 0.400 bits per heavy atom. The molecule has 0 N–H and O–H groups in total. The minimum Gasteiger partial charge on any atom is -0.264 e. The summed E-state index contributed by atoms with van der Waals surface area (Å²) >= 11 is 0. The average molecular weight is 512 g/mol. The second kappa shape index (κ2) is 10.4. The highest BCUT2D eigenvalue weighted by Gasteiger charge is 2.14. The van der Waals surface area contributed by atoms with Gasteiger partial charge in [0, 0.05) is 40.8 Å². The van der Waals surface area contributed by atoms with Crippen LogP contribution >= 0.6 is 0 Å². The van der Waals surface area contributed by atoms with Crippen molar-refractivity contribution in [2.75, 3.05) is 0 Å². The van der Waals surface area contributed by atoms with E-state index in [1.54, 1.807) is 6.20 Å². The van der Waals surface area contributed by atoms with Gasteiger partial charge < -0.3 is 0 Å². The van der Waals surface area contributed by atoms with E-state index >= 15 is 0 Å². The summed E-state index contributed by atoms with van der Waals surface area (Å²) < 4.78 is 0. The lowest BCUT2D eigenvalue weighted by atomic mass is 9.95. The van der Waals surface area contributed by atoms with Crippen molar-refractivity contribution >= 4 is 10.8 Å². The van der Waals surface area contributed by atoms with Crippen LogP contribution in [0.5, 0.6) is 0 Å². The highest BCUT2D eigenvalue weighted by atomic mass is 14.9. The van der Waals surface area contributed by atoms with Gasteiger partial charge in [0.15, 0.2) is 5.82 Å². The lowest BCUT2D eigenvalue weighted by molar-refractivity contribution is 1.18. The zero-order chi connectivity index (χ0) is 26.7. The predicted octanol–water partition coefficient (Wildman–Crippen LogP) is 9.36. The van der Waals surface area contributed by atoms with Crippen LogP contribution in [0.1, 0.15) is 0 Å². The van der Waals surface area contributed by atoms with Crippen LogP contribution in [0.15, 0.2) is 152 Å². The molecule has 0 radical (unpaired) electrons. The molecule has 0 saturated heterocycles. The molecule has 2 aromatic heterocycles. The molecule has 0 unspecified atom stereocenters. The van der Waals surface area contributed by atoms with Crippen molar-refractivity contribution in [1.29, 1.82) is 0 Å². The van der Waals surface area contributed by atoms with Crippen LogP contribution in [0.2, 0.25) is 0 Å². The third-order valence-corrected chi connectivity index (χ3v) is 7.23. The normalized spacial score (nSPS) is 11.0. The molecule has 5 aromatic carbocycles. The molecule has 40 heavy (non-hydrogen) atoms. The number of nitrogens with zero attached hydrogens (tertiary/aromatic N) is 3. The van der Waals surface area contributed by atoms with Crippen LogP contribution in [-0.2, 0) is 0 Å². The van der Waals surface area contributed by atoms with E-state index in [-0.39, 0.29) is 0 Å². The van der Waals surface area contributed by atoms with Gasteiger partial charge >= 0.3 is 0 Å². The minimum absolute atomic E-state index is 0.710. The van der Waals surface area contributed by atoms with Crippen LogP contribution in [0.4, 0.5) is 0 Å². The molecule has 188 valence electrons. The third-order valence-electron chi connectivity index (χ3n) is 7.23. The summed E-state index contributed by atoms with van der Waals surface area (Å²) in [6, 6.07) is 46.4. The fourth-order valence-corrected chi connectivity index (χ4v) is 5.13. The molecule has 7 aromatic rings. The Hall–Kier alpha value is -5.41. The number of pyridine rings is 1. The highest BCUT2D eigenvalue weighted by molar-refractivity contribution is 5.88. The Balaban J connectivity index is 1.33. The minimum atomic E-state index is 0.710. The Morgan fingerprint density at radius 2 is 1.07 bits per heavy atom. The van der Waals surface area contributed by atoms with Gasteiger partial charge in [0.1, 0.15) is 0 Å². The summed E-state index contributed by atoms with van der Waals surface area (Å²) in [5, 5.41) is 2.48. The second-order valence-electron chi connectivity index (χ2n) is 9.78. The molecule has 3 nitrogen and oxygen atoms in total. The number of fused-ring (bicyclic) bond motifs is 1. The van der Waals surface area contributed by atoms with E-state index in [2.05, 4.69) is 102 Å². The molecule has 0 atom stereocenters. The molecule has 0 aliphatic carbocycles. The maximum atomic E-state index is 5.11. The Kier molecular flexibility index (Phi) is 6.15. The number of aromatic nitrogens is 3. The van der Waals surface area contributed by atoms with E-state index < -0.39 is 0 Å². The first-order valence-electron chi connectivity index (χ1n) is 13.3. The molecule has 0 bridgehead atoms. The van der Waals surface area contributed by atoms with Crippen LogP contribution in [0.25, 0.3) is 66.8 Å². The first kappa shape index (κ1) is 23.7. The summed E-state index contributed by atoms with van der Waals surface area (Å²) in [4.78, 5) is 14.2. The SMILES string of the molecule is c1ccc(-c2ncc(-c3cccc(-c4cccnc4)c3)c(-c3ccc(-c4ccc5ccccc5c4)cc3)n2)cc1. The number of hydrogen-bond donors (Lipinski definition) is 0. The summed E-state index contributed by atoms with van der Waals surface area (Å²) in [6.45, 7) is 0. The molecule has 0 aliphatic heterocycles. The zero-order valence-corrected chi connectivity index (χ0v) is 21.8.